The van der Waals surface area contributed by atoms with E-state index in [0.717, 1.165) is 29.3 Å². The molecule has 0 saturated heterocycles. The molecule has 1 aromatic heterocycles. The second-order valence-electron chi connectivity index (χ2n) is 5.01. The molecule has 0 bridgehead atoms. The molecule has 0 aliphatic rings. The van der Waals surface area contributed by atoms with Gasteiger partial charge in [0.05, 0.1) is 12.2 Å². The molecule has 2 rings (SSSR count). The van der Waals surface area contributed by atoms with Crippen LogP contribution in [0, 0.1) is 13.8 Å². The maximum Gasteiger partial charge on any atom is 0.220 e. The first kappa shape index (κ1) is 15.6. The SMILES string of the molecule is Cc1nc(CNC(=O)CCCc2ccc(Cl)cc2)oc1C. The van der Waals surface area contributed by atoms with Crippen molar-refractivity contribution >= 4 is 17.5 Å². The number of hydrogen-bond acceptors (Lipinski definition) is 3. The van der Waals surface area contributed by atoms with Crippen LogP contribution in [0.3, 0.4) is 0 Å². The molecule has 0 fully saturated rings. The summed E-state index contributed by atoms with van der Waals surface area (Å²) in [5.41, 5.74) is 2.05. The summed E-state index contributed by atoms with van der Waals surface area (Å²) in [6.45, 7) is 4.09. The van der Waals surface area contributed by atoms with E-state index in [9.17, 15) is 4.79 Å². The summed E-state index contributed by atoms with van der Waals surface area (Å²) in [4.78, 5) is 16.0. The molecule has 2 aromatic rings. The summed E-state index contributed by atoms with van der Waals surface area (Å²) < 4.78 is 5.41. The molecule has 0 aliphatic carbocycles. The molecule has 0 unspecified atom stereocenters. The Morgan fingerprint density at radius 3 is 2.62 bits per heavy atom. The molecule has 0 spiro atoms. The normalized spacial score (nSPS) is 10.6. The second-order valence-corrected chi connectivity index (χ2v) is 5.44. The summed E-state index contributed by atoms with van der Waals surface area (Å²) in [7, 11) is 0. The molecule has 1 amide bonds. The Hall–Kier alpha value is -1.81. The minimum Gasteiger partial charge on any atom is -0.444 e. The quantitative estimate of drug-likeness (QED) is 0.887. The number of benzene rings is 1. The molecule has 4 nitrogen and oxygen atoms in total. The van der Waals surface area contributed by atoms with Crippen molar-refractivity contribution in [2.75, 3.05) is 0 Å². The van der Waals surface area contributed by atoms with Crippen LogP contribution in [0.1, 0.15) is 35.7 Å². The van der Waals surface area contributed by atoms with E-state index < -0.39 is 0 Å². The Kier molecular flexibility index (Phi) is 5.39. The van der Waals surface area contributed by atoms with Crippen LogP contribution in [0.5, 0.6) is 0 Å². The third-order valence-corrected chi connectivity index (χ3v) is 3.54. The van der Waals surface area contributed by atoms with Crippen molar-refractivity contribution in [1.29, 1.82) is 0 Å². The van der Waals surface area contributed by atoms with E-state index in [1.54, 1.807) is 0 Å². The van der Waals surface area contributed by atoms with Gasteiger partial charge in [-0.25, -0.2) is 4.98 Å². The van der Waals surface area contributed by atoms with Crippen molar-refractivity contribution in [3.8, 4) is 0 Å². The first-order chi connectivity index (χ1) is 10.0. The maximum absolute atomic E-state index is 11.8. The first-order valence-electron chi connectivity index (χ1n) is 6.98. The Labute approximate surface area is 129 Å². The van der Waals surface area contributed by atoms with E-state index >= 15 is 0 Å². The number of aromatic nitrogens is 1. The fourth-order valence-electron chi connectivity index (χ4n) is 1.98. The number of aryl methyl sites for hydroxylation is 3. The van der Waals surface area contributed by atoms with Gasteiger partial charge >= 0.3 is 0 Å². The lowest BCUT2D eigenvalue weighted by molar-refractivity contribution is -0.121. The number of nitrogens with zero attached hydrogens (tertiary/aromatic N) is 1. The van der Waals surface area contributed by atoms with Gasteiger partial charge in [-0.2, -0.15) is 0 Å². The summed E-state index contributed by atoms with van der Waals surface area (Å²) in [6.07, 6.45) is 2.15. The second kappa shape index (κ2) is 7.27. The molecule has 0 saturated carbocycles. The third-order valence-electron chi connectivity index (χ3n) is 3.29. The van der Waals surface area contributed by atoms with Crippen molar-refractivity contribution in [1.82, 2.24) is 10.3 Å². The average Bonchev–Trinajstić information content (AvgIpc) is 2.78. The molecular formula is C16H19ClN2O2. The fraction of sp³-hybridized carbons (Fsp3) is 0.375. The van der Waals surface area contributed by atoms with Crippen LogP contribution in [0.25, 0.3) is 0 Å². The van der Waals surface area contributed by atoms with Crippen molar-refractivity contribution in [3.05, 3.63) is 52.2 Å². The molecule has 5 heteroatoms. The Morgan fingerprint density at radius 1 is 1.29 bits per heavy atom. The largest absolute Gasteiger partial charge is 0.444 e. The standard InChI is InChI=1S/C16H19ClN2O2/c1-11-12(2)21-16(19-11)10-18-15(20)5-3-4-13-6-8-14(17)9-7-13/h6-9H,3-5,10H2,1-2H3,(H,18,20). The molecule has 1 aromatic carbocycles. The van der Waals surface area contributed by atoms with E-state index in [-0.39, 0.29) is 5.91 Å². The predicted molar refractivity (Wildman–Crippen MR) is 82.2 cm³/mol. The van der Waals surface area contributed by atoms with Crippen molar-refractivity contribution < 1.29 is 9.21 Å². The highest BCUT2D eigenvalue weighted by Crippen LogP contribution is 2.12. The van der Waals surface area contributed by atoms with Gasteiger partial charge in [-0.05, 0) is 44.4 Å². The first-order valence-corrected chi connectivity index (χ1v) is 7.36. The van der Waals surface area contributed by atoms with Gasteiger partial charge in [-0.1, -0.05) is 23.7 Å². The summed E-state index contributed by atoms with van der Waals surface area (Å²) in [5.74, 6) is 1.36. The fourth-order valence-corrected chi connectivity index (χ4v) is 2.11. The van der Waals surface area contributed by atoms with Crippen molar-refractivity contribution in [3.63, 3.8) is 0 Å². The Bertz CT molecular complexity index is 586. The number of amides is 1. The van der Waals surface area contributed by atoms with Gasteiger partial charge in [0.25, 0.3) is 0 Å². The Morgan fingerprint density at radius 2 is 2.00 bits per heavy atom. The average molecular weight is 307 g/mol. The number of hydrogen-bond donors (Lipinski definition) is 1. The van der Waals surface area contributed by atoms with Crippen LogP contribution >= 0.6 is 11.6 Å². The minimum absolute atomic E-state index is 0.0115. The molecule has 0 aliphatic heterocycles. The van der Waals surface area contributed by atoms with Crippen molar-refractivity contribution in [2.45, 2.75) is 39.7 Å². The molecule has 1 heterocycles. The van der Waals surface area contributed by atoms with Crippen LogP contribution in [-0.4, -0.2) is 10.9 Å². The molecule has 21 heavy (non-hydrogen) atoms. The third kappa shape index (κ3) is 4.90. The number of carbonyl (C=O) groups excluding carboxylic acids is 1. The minimum atomic E-state index is 0.0115. The smallest absolute Gasteiger partial charge is 0.220 e. The molecule has 1 N–H and O–H groups in total. The summed E-state index contributed by atoms with van der Waals surface area (Å²) >= 11 is 5.83. The molecular weight excluding hydrogens is 288 g/mol. The van der Waals surface area contributed by atoms with Gasteiger partial charge in [0, 0.05) is 11.4 Å². The highest BCUT2D eigenvalue weighted by molar-refractivity contribution is 6.30. The van der Waals surface area contributed by atoms with Gasteiger partial charge in [-0.15, -0.1) is 0 Å². The van der Waals surface area contributed by atoms with Gasteiger partial charge in [-0.3, -0.25) is 4.79 Å². The van der Waals surface area contributed by atoms with E-state index in [4.69, 9.17) is 16.0 Å². The summed E-state index contributed by atoms with van der Waals surface area (Å²) in [6, 6.07) is 7.70. The van der Waals surface area contributed by atoms with Gasteiger partial charge in [0.15, 0.2) is 0 Å². The maximum atomic E-state index is 11.8. The van der Waals surface area contributed by atoms with E-state index in [1.165, 1.54) is 5.56 Å². The highest BCUT2D eigenvalue weighted by Gasteiger charge is 2.07. The molecule has 0 atom stereocenters. The molecule has 0 radical (unpaired) electrons. The number of nitrogens with one attached hydrogen (secondary N) is 1. The lowest BCUT2D eigenvalue weighted by Gasteiger charge is -2.03. The lowest BCUT2D eigenvalue weighted by atomic mass is 10.1. The van der Waals surface area contributed by atoms with Crippen molar-refractivity contribution in [2.24, 2.45) is 0 Å². The number of rotatable bonds is 6. The lowest BCUT2D eigenvalue weighted by Crippen LogP contribution is -2.22. The predicted octanol–water partition coefficient (Wildman–Crippen LogP) is 3.58. The topological polar surface area (TPSA) is 55.1 Å². The van der Waals surface area contributed by atoms with Gasteiger partial charge in [0.2, 0.25) is 11.8 Å². The molecule has 112 valence electrons. The summed E-state index contributed by atoms with van der Waals surface area (Å²) in [5, 5.41) is 3.55. The number of oxazole rings is 1. The zero-order valence-electron chi connectivity index (χ0n) is 12.3. The van der Waals surface area contributed by atoms with Gasteiger partial charge < -0.3 is 9.73 Å². The number of carbonyl (C=O) groups is 1. The zero-order chi connectivity index (χ0) is 15.2. The Balaban J connectivity index is 1.69. The van der Waals surface area contributed by atoms with Crippen LogP contribution in [0.15, 0.2) is 28.7 Å². The van der Waals surface area contributed by atoms with Crippen LogP contribution in [0.4, 0.5) is 0 Å². The monoisotopic (exact) mass is 306 g/mol. The van der Waals surface area contributed by atoms with Crippen LogP contribution in [-0.2, 0) is 17.8 Å². The van der Waals surface area contributed by atoms with E-state index in [1.807, 2.05) is 38.1 Å². The van der Waals surface area contributed by atoms with E-state index in [0.29, 0.717) is 18.9 Å². The zero-order valence-corrected chi connectivity index (χ0v) is 13.0. The van der Waals surface area contributed by atoms with E-state index in [2.05, 4.69) is 10.3 Å². The highest BCUT2D eigenvalue weighted by atomic mass is 35.5. The van der Waals surface area contributed by atoms with Crippen LogP contribution in [0.2, 0.25) is 5.02 Å². The number of halogens is 1. The van der Waals surface area contributed by atoms with Gasteiger partial charge in [0.1, 0.15) is 5.76 Å². The van der Waals surface area contributed by atoms with Crippen LogP contribution < -0.4 is 5.32 Å².